The van der Waals surface area contributed by atoms with Crippen molar-refractivity contribution in [1.82, 2.24) is 10.6 Å². The van der Waals surface area contributed by atoms with Crippen molar-refractivity contribution in [3.63, 3.8) is 0 Å². The average molecular weight is 895 g/mol. The van der Waals surface area contributed by atoms with E-state index in [9.17, 15) is 81.1 Å². The Hall–Kier alpha value is -1.98. The van der Waals surface area contributed by atoms with Crippen molar-refractivity contribution in [3.8, 4) is 0 Å². The summed E-state index contributed by atoms with van der Waals surface area (Å²) in [4.78, 5) is 24.6. The molecule has 0 aliphatic carbocycles. The van der Waals surface area contributed by atoms with Crippen LogP contribution in [-0.4, -0.2) is 263 Å². The summed E-state index contributed by atoms with van der Waals surface area (Å²) < 4.78 is 52.0. The molecule has 5 saturated heterocycles. The zero-order chi connectivity index (χ0) is 45.2. The maximum atomic E-state index is 12.8. The Bertz CT molecular complexity index is 1420. The zero-order valence-electron chi connectivity index (χ0n) is 33.0. The number of rotatable bonds is 14. The summed E-state index contributed by atoms with van der Waals surface area (Å²) in [6.45, 7) is -0.302. The largest absolute Gasteiger partial charge is 0.394 e. The van der Waals surface area contributed by atoms with Crippen LogP contribution < -0.4 is 10.6 Å². The third-order valence-corrected chi connectivity index (χ3v) is 11.1. The first-order chi connectivity index (χ1) is 28.8. The van der Waals surface area contributed by atoms with Crippen LogP contribution in [-0.2, 0) is 52.2 Å². The van der Waals surface area contributed by atoms with E-state index in [1.165, 1.54) is 6.92 Å². The van der Waals surface area contributed by atoms with E-state index in [0.29, 0.717) is 0 Å². The van der Waals surface area contributed by atoms with E-state index in [-0.39, 0.29) is 0 Å². The van der Waals surface area contributed by atoms with Gasteiger partial charge >= 0.3 is 0 Å². The quantitative estimate of drug-likeness (QED) is 0.0770. The Morgan fingerprint density at radius 2 is 0.852 bits per heavy atom. The van der Waals surface area contributed by atoms with Gasteiger partial charge < -0.3 is 125 Å². The molecule has 5 rings (SSSR count). The summed E-state index contributed by atoms with van der Waals surface area (Å²) in [5.41, 5.74) is 0. The Balaban J connectivity index is 1.49. The van der Waals surface area contributed by atoms with E-state index in [2.05, 4.69) is 10.6 Å². The fraction of sp³-hybridized carbons (Fsp3) is 0.941. The molecule has 5 fully saturated rings. The predicted molar refractivity (Wildman–Crippen MR) is 188 cm³/mol. The van der Waals surface area contributed by atoms with E-state index in [0.717, 1.165) is 13.8 Å². The minimum atomic E-state index is -2.13. The number of hydrogen-bond donors (Lipinski definition) is 16. The first-order valence-electron chi connectivity index (χ1n) is 19.5. The van der Waals surface area contributed by atoms with Gasteiger partial charge in [0.2, 0.25) is 11.8 Å². The highest BCUT2D eigenvalue weighted by molar-refractivity contribution is 5.73. The molecule has 0 radical (unpaired) electrons. The maximum absolute atomic E-state index is 12.8. The fourth-order valence-corrected chi connectivity index (χ4v) is 7.77. The molecular formula is C34H58N2O25. The van der Waals surface area contributed by atoms with Gasteiger partial charge in [-0.15, -0.1) is 0 Å². The van der Waals surface area contributed by atoms with E-state index in [4.69, 9.17) is 42.6 Å². The summed E-state index contributed by atoms with van der Waals surface area (Å²) in [5, 5.41) is 153. The van der Waals surface area contributed by atoms with Crippen LogP contribution in [0.5, 0.6) is 0 Å². The lowest BCUT2D eigenvalue weighted by molar-refractivity contribution is -0.390. The first-order valence-corrected chi connectivity index (χ1v) is 19.5. The van der Waals surface area contributed by atoms with Gasteiger partial charge in [0.25, 0.3) is 0 Å². The predicted octanol–water partition coefficient (Wildman–Crippen LogP) is -10.6. The minimum Gasteiger partial charge on any atom is -0.394 e. The molecule has 5 aliphatic heterocycles. The summed E-state index contributed by atoms with van der Waals surface area (Å²) in [6, 6.07) is -3.26. The lowest BCUT2D eigenvalue weighted by Gasteiger charge is -2.51. The topological polar surface area (TPSA) is 424 Å². The lowest BCUT2D eigenvalue weighted by Crippen LogP contribution is -2.71. The summed E-state index contributed by atoms with van der Waals surface area (Å²) >= 11 is 0. The fourth-order valence-electron chi connectivity index (χ4n) is 7.77. The normalized spacial score (nSPS) is 49.6. The smallest absolute Gasteiger partial charge is 0.217 e. The van der Waals surface area contributed by atoms with E-state index in [1.807, 2.05) is 0 Å². The molecule has 0 unspecified atom stereocenters. The van der Waals surface area contributed by atoms with Gasteiger partial charge in [0, 0.05) is 13.8 Å². The zero-order valence-corrected chi connectivity index (χ0v) is 33.0. The van der Waals surface area contributed by atoms with Gasteiger partial charge in [0.1, 0.15) is 116 Å². The van der Waals surface area contributed by atoms with Gasteiger partial charge in [-0.25, -0.2) is 0 Å². The number of amides is 2. The molecule has 0 aromatic carbocycles. The van der Waals surface area contributed by atoms with Gasteiger partial charge in [-0.1, -0.05) is 0 Å². The van der Waals surface area contributed by atoms with Crippen LogP contribution in [0.4, 0.5) is 0 Å². The molecule has 61 heavy (non-hydrogen) atoms. The van der Waals surface area contributed by atoms with Crippen LogP contribution in [0, 0.1) is 0 Å². The highest BCUT2D eigenvalue weighted by Gasteiger charge is 2.58. The van der Waals surface area contributed by atoms with Crippen molar-refractivity contribution in [2.24, 2.45) is 0 Å². The van der Waals surface area contributed by atoms with Crippen molar-refractivity contribution in [2.75, 3.05) is 26.4 Å². The minimum absolute atomic E-state index is 0.697. The van der Waals surface area contributed by atoms with Gasteiger partial charge in [-0.05, 0) is 6.92 Å². The molecule has 2 amide bonds. The molecule has 0 aromatic heterocycles. The number of carbonyl (C=O) groups excluding carboxylic acids is 2. The molecule has 0 spiro atoms. The second-order valence-corrected chi connectivity index (χ2v) is 15.4. The number of ether oxygens (including phenoxy) is 9. The second kappa shape index (κ2) is 21.3. The van der Waals surface area contributed by atoms with Crippen LogP contribution in [0.15, 0.2) is 0 Å². The average Bonchev–Trinajstić information content (AvgIpc) is 3.22. The summed E-state index contributed by atoms with van der Waals surface area (Å²) in [5.74, 6) is -1.53. The van der Waals surface area contributed by atoms with E-state index >= 15 is 0 Å². The summed E-state index contributed by atoms with van der Waals surface area (Å²) in [7, 11) is 0. The molecule has 5 aliphatic rings. The van der Waals surface area contributed by atoms with Gasteiger partial charge in [0.15, 0.2) is 31.5 Å². The third-order valence-electron chi connectivity index (χ3n) is 11.1. The summed E-state index contributed by atoms with van der Waals surface area (Å²) in [6.07, 6.45) is -41.5. The van der Waals surface area contributed by atoms with Crippen LogP contribution in [0.1, 0.15) is 20.8 Å². The highest BCUT2D eigenvalue weighted by Crippen LogP contribution is 2.37. The van der Waals surface area contributed by atoms with Crippen molar-refractivity contribution in [1.29, 1.82) is 0 Å². The number of nitrogens with one attached hydrogen (secondary N) is 2. The molecule has 27 nitrogen and oxygen atoms in total. The molecule has 354 valence electrons. The highest BCUT2D eigenvalue weighted by atomic mass is 16.8. The lowest BCUT2D eigenvalue weighted by atomic mass is 9.93. The second-order valence-electron chi connectivity index (χ2n) is 15.4. The van der Waals surface area contributed by atoms with E-state index < -0.39 is 192 Å². The van der Waals surface area contributed by atoms with Gasteiger partial charge in [0.05, 0.1) is 32.5 Å². The SMILES string of the molecule is CC(=O)N[C@@H]1[C@@H](O)[C@H](O[C@@H]2O[C@H](CO)[C@H](O)[C@H](O[C@@H]3O[C@H](CO)[C@@H](O[C@@H]4O[C@H](CO)[C@H](O)[C@H](O)[C@H]4O)[C@H](O[C@@H]4O[C@@H](C)[C@@H](O)[C@@H](O)[C@@H]4O)[C@H]3NC(C)=O)[C@H]2O)[C@@H](CO)O[C@H]1O. The first kappa shape index (κ1) is 50.0. The number of carbonyl (C=O) groups is 2. The Morgan fingerprint density at radius 1 is 0.426 bits per heavy atom. The Kier molecular flexibility index (Phi) is 17.5. The molecule has 16 N–H and O–H groups in total. The molecule has 25 atom stereocenters. The molecule has 0 saturated carbocycles. The van der Waals surface area contributed by atoms with Crippen LogP contribution in [0.2, 0.25) is 0 Å². The van der Waals surface area contributed by atoms with Crippen molar-refractivity contribution in [3.05, 3.63) is 0 Å². The van der Waals surface area contributed by atoms with Crippen LogP contribution in [0.3, 0.4) is 0 Å². The molecule has 5 heterocycles. The molecule has 0 aromatic rings. The maximum Gasteiger partial charge on any atom is 0.217 e. The molecular weight excluding hydrogens is 836 g/mol. The number of aliphatic hydroxyl groups excluding tert-OH is 14. The van der Waals surface area contributed by atoms with Crippen molar-refractivity contribution in [2.45, 2.75) is 174 Å². The van der Waals surface area contributed by atoms with Crippen LogP contribution >= 0.6 is 0 Å². The van der Waals surface area contributed by atoms with Gasteiger partial charge in [-0.3, -0.25) is 9.59 Å². The monoisotopic (exact) mass is 894 g/mol. The Morgan fingerprint density at radius 3 is 1.41 bits per heavy atom. The Labute approximate surface area is 346 Å². The van der Waals surface area contributed by atoms with Gasteiger partial charge in [-0.2, -0.15) is 0 Å². The standard InChI is InChI=1S/C34H58N2O25/c1-8-17(43)21(47)23(49)32(53-8)60-28-16(36-10(3)42)31(57-14(7-40)27(28)59-33-24(50)22(48)18(44)11(4-37)55-33)61-29-19(45)12(5-38)56-34(25(29)51)58-26-13(6-39)54-30(52)15(20(26)46)35-9(2)41/h8,11-34,37-40,43-52H,4-7H2,1-3H3,(H,35,41)(H,36,42)/t8-,11+,12+,13+,14+,15+,16+,17+,18-,19-,20+,21+,22-,23-,24+,25+,26+,27+,28+,29-,30+,31-,32-,33-,34-/m0/s1. The molecule has 0 bridgehead atoms. The third kappa shape index (κ3) is 10.8. The van der Waals surface area contributed by atoms with E-state index in [1.54, 1.807) is 0 Å². The molecule has 27 heteroatoms. The number of hydrogen-bond acceptors (Lipinski definition) is 25. The van der Waals surface area contributed by atoms with Crippen LogP contribution in [0.25, 0.3) is 0 Å². The van der Waals surface area contributed by atoms with Crippen molar-refractivity contribution >= 4 is 11.8 Å². The number of aliphatic hydroxyl groups is 14. The van der Waals surface area contributed by atoms with Crippen molar-refractivity contribution < 1.29 is 124 Å².